The molecule has 1 aromatic heterocycles. The van der Waals surface area contributed by atoms with Crippen molar-refractivity contribution >= 4 is 5.82 Å². The molecule has 100 valence electrons. The smallest absolute Gasteiger partial charge is 0.125 e. The highest BCUT2D eigenvalue weighted by Crippen LogP contribution is 2.20. The van der Waals surface area contributed by atoms with Crippen LogP contribution in [-0.4, -0.2) is 54.1 Å². The van der Waals surface area contributed by atoms with Crippen molar-refractivity contribution in [1.82, 2.24) is 14.8 Å². The Kier molecular flexibility index (Phi) is 3.88. The summed E-state index contributed by atoms with van der Waals surface area (Å²) < 4.78 is 0. The van der Waals surface area contributed by atoms with E-state index in [0.717, 1.165) is 32.0 Å². The predicted molar refractivity (Wildman–Crippen MR) is 75.8 cm³/mol. The van der Waals surface area contributed by atoms with Crippen molar-refractivity contribution in [3.8, 4) is 0 Å². The Hall–Kier alpha value is -1.13. The van der Waals surface area contributed by atoms with Crippen LogP contribution in [0.25, 0.3) is 0 Å². The monoisotopic (exact) mass is 248 g/mol. The lowest BCUT2D eigenvalue weighted by Gasteiger charge is -2.45. The van der Waals surface area contributed by atoms with E-state index in [4.69, 9.17) is 0 Å². The van der Waals surface area contributed by atoms with E-state index in [1.807, 2.05) is 13.2 Å². The summed E-state index contributed by atoms with van der Waals surface area (Å²) in [5.74, 6) is 0.945. The molecule has 4 nitrogen and oxygen atoms in total. The Balaban J connectivity index is 2.01. The molecular formula is C14H24N4. The van der Waals surface area contributed by atoms with Crippen molar-refractivity contribution < 1.29 is 0 Å². The molecule has 0 aromatic carbocycles. The van der Waals surface area contributed by atoms with Crippen LogP contribution in [-0.2, 0) is 6.54 Å². The van der Waals surface area contributed by atoms with Gasteiger partial charge in [0.05, 0.1) is 0 Å². The van der Waals surface area contributed by atoms with E-state index in [9.17, 15) is 0 Å². The first kappa shape index (κ1) is 13.3. The molecule has 1 aliphatic heterocycles. The van der Waals surface area contributed by atoms with Gasteiger partial charge in [-0.3, -0.25) is 9.80 Å². The van der Waals surface area contributed by atoms with Gasteiger partial charge in [0, 0.05) is 45.0 Å². The van der Waals surface area contributed by atoms with E-state index in [0.29, 0.717) is 0 Å². The van der Waals surface area contributed by atoms with Crippen molar-refractivity contribution in [2.24, 2.45) is 0 Å². The van der Waals surface area contributed by atoms with E-state index in [1.165, 1.54) is 5.56 Å². The Morgan fingerprint density at radius 3 is 2.83 bits per heavy atom. The van der Waals surface area contributed by atoms with E-state index in [2.05, 4.69) is 53.1 Å². The van der Waals surface area contributed by atoms with Crippen molar-refractivity contribution in [3.63, 3.8) is 0 Å². The summed E-state index contributed by atoms with van der Waals surface area (Å²) in [6, 6.07) is 4.23. The predicted octanol–water partition coefficient (Wildman–Crippen LogP) is 1.65. The molecule has 1 fully saturated rings. The molecule has 2 heterocycles. The summed E-state index contributed by atoms with van der Waals surface area (Å²) in [7, 11) is 4.12. The molecule has 0 aliphatic carbocycles. The molecule has 0 spiro atoms. The number of pyridine rings is 1. The molecule has 1 aliphatic rings. The van der Waals surface area contributed by atoms with Gasteiger partial charge in [0.15, 0.2) is 0 Å². The molecular weight excluding hydrogens is 224 g/mol. The molecule has 0 bridgehead atoms. The molecule has 1 saturated heterocycles. The number of nitrogens with zero attached hydrogens (tertiary/aromatic N) is 3. The van der Waals surface area contributed by atoms with Crippen LogP contribution in [0.15, 0.2) is 18.3 Å². The van der Waals surface area contributed by atoms with Crippen molar-refractivity contribution in [2.75, 3.05) is 39.0 Å². The van der Waals surface area contributed by atoms with Gasteiger partial charge in [-0.05, 0) is 38.6 Å². The minimum absolute atomic E-state index is 0.261. The summed E-state index contributed by atoms with van der Waals surface area (Å²) >= 11 is 0. The topological polar surface area (TPSA) is 31.4 Å². The van der Waals surface area contributed by atoms with Gasteiger partial charge in [-0.25, -0.2) is 4.98 Å². The highest BCUT2D eigenvalue weighted by Gasteiger charge is 2.30. The lowest BCUT2D eigenvalue weighted by Crippen LogP contribution is -2.57. The highest BCUT2D eigenvalue weighted by molar-refractivity contribution is 5.36. The lowest BCUT2D eigenvalue weighted by atomic mass is 9.99. The molecule has 0 saturated carbocycles. The zero-order chi connectivity index (χ0) is 13.2. The second-order valence-electron chi connectivity index (χ2n) is 5.74. The average Bonchev–Trinajstić information content (AvgIpc) is 2.34. The van der Waals surface area contributed by atoms with Crippen LogP contribution in [0.1, 0.15) is 19.4 Å². The van der Waals surface area contributed by atoms with Crippen LogP contribution in [0.3, 0.4) is 0 Å². The normalized spacial score (nSPS) is 20.9. The van der Waals surface area contributed by atoms with Gasteiger partial charge in [0.1, 0.15) is 5.82 Å². The van der Waals surface area contributed by atoms with Crippen molar-refractivity contribution in [2.45, 2.75) is 25.9 Å². The first-order valence-corrected chi connectivity index (χ1v) is 6.57. The minimum Gasteiger partial charge on any atom is -0.373 e. The number of aromatic nitrogens is 1. The van der Waals surface area contributed by atoms with E-state index in [1.54, 1.807) is 0 Å². The van der Waals surface area contributed by atoms with E-state index >= 15 is 0 Å². The molecule has 18 heavy (non-hydrogen) atoms. The molecule has 1 aromatic rings. The summed E-state index contributed by atoms with van der Waals surface area (Å²) in [4.78, 5) is 9.22. The van der Waals surface area contributed by atoms with Gasteiger partial charge >= 0.3 is 0 Å². The molecule has 0 unspecified atom stereocenters. The number of rotatable bonds is 3. The van der Waals surface area contributed by atoms with E-state index < -0.39 is 0 Å². The third kappa shape index (κ3) is 3.00. The number of anilines is 1. The van der Waals surface area contributed by atoms with Crippen LogP contribution in [0.5, 0.6) is 0 Å². The van der Waals surface area contributed by atoms with Crippen LogP contribution < -0.4 is 5.32 Å². The second kappa shape index (κ2) is 5.24. The van der Waals surface area contributed by atoms with Crippen LogP contribution in [0.2, 0.25) is 0 Å². The number of nitrogens with one attached hydrogen (secondary N) is 1. The fraction of sp³-hybridized carbons (Fsp3) is 0.643. The Morgan fingerprint density at radius 1 is 1.39 bits per heavy atom. The van der Waals surface area contributed by atoms with Gasteiger partial charge in [-0.15, -0.1) is 0 Å². The van der Waals surface area contributed by atoms with Gasteiger partial charge in [-0.2, -0.15) is 0 Å². The lowest BCUT2D eigenvalue weighted by molar-refractivity contribution is 0.0360. The summed E-state index contributed by atoms with van der Waals surface area (Å²) in [5, 5.41) is 3.09. The summed E-state index contributed by atoms with van der Waals surface area (Å²) in [5.41, 5.74) is 1.59. The maximum absolute atomic E-state index is 4.25. The maximum Gasteiger partial charge on any atom is 0.125 e. The van der Waals surface area contributed by atoms with Gasteiger partial charge in [-0.1, -0.05) is 0 Å². The number of hydrogen-bond acceptors (Lipinski definition) is 4. The van der Waals surface area contributed by atoms with Crippen molar-refractivity contribution in [1.29, 1.82) is 0 Å². The molecule has 1 N–H and O–H groups in total. The Bertz CT molecular complexity index is 403. The third-order valence-electron chi connectivity index (χ3n) is 3.88. The number of likely N-dealkylation sites (N-methyl/N-ethyl adjacent to an activating group) is 1. The van der Waals surface area contributed by atoms with E-state index in [-0.39, 0.29) is 5.54 Å². The number of hydrogen-bond donors (Lipinski definition) is 1. The summed E-state index contributed by atoms with van der Waals surface area (Å²) in [6.45, 7) is 9.01. The van der Waals surface area contributed by atoms with Crippen LogP contribution >= 0.6 is 0 Å². The third-order valence-corrected chi connectivity index (χ3v) is 3.88. The highest BCUT2D eigenvalue weighted by atomic mass is 15.3. The zero-order valence-electron chi connectivity index (χ0n) is 11.9. The molecule has 2 rings (SSSR count). The fourth-order valence-electron chi connectivity index (χ4n) is 2.44. The van der Waals surface area contributed by atoms with Crippen LogP contribution in [0, 0.1) is 0 Å². The molecule has 0 amide bonds. The quantitative estimate of drug-likeness (QED) is 0.881. The largest absolute Gasteiger partial charge is 0.373 e. The first-order chi connectivity index (χ1) is 8.51. The Morgan fingerprint density at radius 2 is 2.17 bits per heavy atom. The first-order valence-electron chi connectivity index (χ1n) is 6.57. The molecule has 4 heteroatoms. The van der Waals surface area contributed by atoms with Gasteiger partial charge in [0.25, 0.3) is 0 Å². The standard InChI is InChI=1S/C14H24N4/c1-14(2)11-18(8-7-17(14)4)10-12-5-6-16-13(9-12)15-3/h5-6,9H,7-8,10-11H2,1-4H3,(H,15,16). The fourth-order valence-corrected chi connectivity index (χ4v) is 2.44. The zero-order valence-corrected chi connectivity index (χ0v) is 11.9. The molecule has 0 radical (unpaired) electrons. The molecule has 0 atom stereocenters. The van der Waals surface area contributed by atoms with Crippen LogP contribution in [0.4, 0.5) is 5.82 Å². The summed E-state index contributed by atoms with van der Waals surface area (Å²) in [6.07, 6.45) is 1.88. The average molecular weight is 248 g/mol. The van der Waals surface area contributed by atoms with Gasteiger partial charge < -0.3 is 5.32 Å². The number of piperazine rings is 1. The van der Waals surface area contributed by atoms with Gasteiger partial charge in [0.2, 0.25) is 0 Å². The van der Waals surface area contributed by atoms with Crippen molar-refractivity contribution in [3.05, 3.63) is 23.9 Å². The second-order valence-corrected chi connectivity index (χ2v) is 5.74. The maximum atomic E-state index is 4.25. The SMILES string of the molecule is CNc1cc(CN2CCN(C)C(C)(C)C2)ccn1. The Labute approximate surface area is 110 Å². The minimum atomic E-state index is 0.261.